The molecule has 0 spiro atoms. The Labute approximate surface area is 163 Å². The minimum Gasteiger partial charge on any atom is -0.360 e. The number of fused-ring (bicyclic) bond motifs is 2. The molecule has 4 aliphatic heterocycles. The molecule has 0 aromatic heterocycles. The van der Waals surface area contributed by atoms with Gasteiger partial charge in [-0.2, -0.15) is 0 Å². The van der Waals surface area contributed by atoms with E-state index in [0.717, 1.165) is 13.1 Å². The lowest BCUT2D eigenvalue weighted by molar-refractivity contribution is 0.391. The van der Waals surface area contributed by atoms with Crippen LogP contribution in [0.1, 0.15) is 79.1 Å². The Bertz CT molecular complexity index is 367. The minimum atomic E-state index is 0. The van der Waals surface area contributed by atoms with Crippen molar-refractivity contribution in [3.63, 3.8) is 0 Å². The van der Waals surface area contributed by atoms with E-state index >= 15 is 0 Å². The highest BCUT2D eigenvalue weighted by Crippen LogP contribution is 2.16. The summed E-state index contributed by atoms with van der Waals surface area (Å²) in [4.78, 5) is 14.1. The molecule has 0 saturated carbocycles. The lowest BCUT2D eigenvalue weighted by Gasteiger charge is -2.27. The van der Waals surface area contributed by atoms with E-state index in [4.69, 9.17) is 0 Å². The summed E-state index contributed by atoms with van der Waals surface area (Å²) in [6, 6.07) is 0. The van der Waals surface area contributed by atoms with Crippen LogP contribution in [0.2, 0.25) is 0 Å². The molecular formula is C21H45N5. The average Bonchev–Trinajstić information content (AvgIpc) is 3.04. The lowest BCUT2D eigenvalue weighted by atomic mass is 10.2. The molecule has 0 unspecified atom stereocenters. The molecule has 4 rings (SSSR count). The number of rotatable bonds is 0. The normalized spacial score (nSPS) is 21.8. The van der Waals surface area contributed by atoms with E-state index in [9.17, 15) is 0 Å². The summed E-state index contributed by atoms with van der Waals surface area (Å²) in [5, 5.41) is 0. The second-order valence-corrected chi connectivity index (χ2v) is 6.90. The van der Waals surface area contributed by atoms with Gasteiger partial charge in [0, 0.05) is 52.1 Å². The Morgan fingerprint density at radius 3 is 1.38 bits per heavy atom. The molecule has 5 nitrogen and oxygen atoms in total. The second kappa shape index (κ2) is 15.0. The van der Waals surface area contributed by atoms with Crippen molar-refractivity contribution in [3.8, 4) is 0 Å². The quantitative estimate of drug-likeness (QED) is 0.699. The molecule has 2 fully saturated rings. The van der Waals surface area contributed by atoms with Gasteiger partial charge in [0.15, 0.2) is 0 Å². The maximum absolute atomic E-state index is 4.55. The highest BCUT2D eigenvalue weighted by atomic mass is 15.2. The standard InChI is InChI=1S/2C9H16N2.CH5N.2CH4/c2*1-2-5-9-10-6-4-8-11(9)7-3-1;1-2;;/h2*1-8H2;2H2,1H3;2*1H4. The third-order valence-electron chi connectivity index (χ3n) is 5.15. The average molecular weight is 368 g/mol. The fraction of sp³-hybridized carbons (Fsp3) is 0.905. The summed E-state index contributed by atoms with van der Waals surface area (Å²) in [7, 11) is 1.50. The van der Waals surface area contributed by atoms with Crippen molar-refractivity contribution in [2.24, 2.45) is 15.7 Å². The van der Waals surface area contributed by atoms with Gasteiger partial charge in [-0.05, 0) is 45.6 Å². The highest BCUT2D eigenvalue weighted by Gasteiger charge is 2.17. The van der Waals surface area contributed by atoms with Gasteiger partial charge in [-0.1, -0.05) is 27.7 Å². The summed E-state index contributed by atoms with van der Waals surface area (Å²) < 4.78 is 0. The van der Waals surface area contributed by atoms with E-state index in [-0.39, 0.29) is 14.9 Å². The zero-order valence-electron chi connectivity index (χ0n) is 15.7. The SMILES string of the molecule is C.C.C1CCC2=NCCCN2CC1.C1CCC2=NCCCN2CC1.CN. The fourth-order valence-corrected chi connectivity index (χ4v) is 3.88. The van der Waals surface area contributed by atoms with Gasteiger partial charge < -0.3 is 15.5 Å². The maximum Gasteiger partial charge on any atom is 0.0988 e. The third kappa shape index (κ3) is 8.07. The number of hydrogen-bond acceptors (Lipinski definition) is 5. The van der Waals surface area contributed by atoms with Crippen LogP contribution in [0.5, 0.6) is 0 Å². The lowest BCUT2D eigenvalue weighted by Crippen LogP contribution is -2.34. The molecular weight excluding hydrogens is 322 g/mol. The number of aliphatic imine (C=N–C) groups is 2. The molecule has 0 aromatic rings. The van der Waals surface area contributed by atoms with Crippen molar-refractivity contribution in [1.29, 1.82) is 0 Å². The number of nitrogens with zero attached hydrogens (tertiary/aromatic N) is 4. The Kier molecular flexibility index (Phi) is 14.4. The van der Waals surface area contributed by atoms with E-state index in [1.807, 2.05) is 0 Å². The number of nitrogens with two attached hydrogens (primary N) is 1. The van der Waals surface area contributed by atoms with Crippen LogP contribution in [0.4, 0.5) is 0 Å². The van der Waals surface area contributed by atoms with Crippen LogP contribution in [0.3, 0.4) is 0 Å². The van der Waals surface area contributed by atoms with E-state index in [0.29, 0.717) is 0 Å². The van der Waals surface area contributed by atoms with Crippen LogP contribution in [0.25, 0.3) is 0 Å². The first kappa shape index (κ1) is 24.9. The van der Waals surface area contributed by atoms with Crippen molar-refractivity contribution in [3.05, 3.63) is 0 Å². The smallest absolute Gasteiger partial charge is 0.0988 e. The largest absolute Gasteiger partial charge is 0.360 e. The van der Waals surface area contributed by atoms with E-state index in [1.165, 1.54) is 109 Å². The van der Waals surface area contributed by atoms with Gasteiger partial charge >= 0.3 is 0 Å². The fourth-order valence-electron chi connectivity index (χ4n) is 3.88. The van der Waals surface area contributed by atoms with Gasteiger partial charge in [0.05, 0.1) is 11.7 Å². The first-order valence-corrected chi connectivity index (χ1v) is 10.1. The molecule has 4 heterocycles. The topological polar surface area (TPSA) is 57.2 Å². The van der Waals surface area contributed by atoms with Crippen molar-refractivity contribution in [1.82, 2.24) is 9.80 Å². The van der Waals surface area contributed by atoms with Gasteiger partial charge in [-0.3, -0.25) is 9.98 Å². The Hall–Kier alpha value is -1.10. The van der Waals surface area contributed by atoms with Crippen LogP contribution in [-0.4, -0.2) is 67.8 Å². The van der Waals surface area contributed by atoms with Gasteiger partial charge in [0.2, 0.25) is 0 Å². The summed E-state index contributed by atoms with van der Waals surface area (Å²) >= 11 is 0. The first-order chi connectivity index (χ1) is 11.9. The number of hydrogen-bond donors (Lipinski definition) is 1. The predicted octanol–water partition coefficient (Wildman–Crippen LogP) is 4.18. The molecule has 0 bridgehead atoms. The van der Waals surface area contributed by atoms with Gasteiger partial charge in [-0.25, -0.2) is 0 Å². The Morgan fingerprint density at radius 1 is 0.577 bits per heavy atom. The van der Waals surface area contributed by atoms with Crippen LogP contribution in [0, 0.1) is 0 Å². The van der Waals surface area contributed by atoms with E-state index in [1.54, 1.807) is 0 Å². The number of amidine groups is 2. The third-order valence-corrected chi connectivity index (χ3v) is 5.15. The monoisotopic (exact) mass is 367 g/mol. The zero-order chi connectivity index (χ0) is 17.0. The van der Waals surface area contributed by atoms with E-state index < -0.39 is 0 Å². The second-order valence-electron chi connectivity index (χ2n) is 6.90. The van der Waals surface area contributed by atoms with Crippen LogP contribution in [-0.2, 0) is 0 Å². The van der Waals surface area contributed by atoms with Gasteiger partial charge in [0.1, 0.15) is 0 Å². The van der Waals surface area contributed by atoms with Crippen molar-refractivity contribution < 1.29 is 0 Å². The Balaban J connectivity index is 0.000000410. The predicted molar refractivity (Wildman–Crippen MR) is 117 cm³/mol. The van der Waals surface area contributed by atoms with Crippen molar-refractivity contribution in [2.45, 2.75) is 79.1 Å². The minimum absolute atomic E-state index is 0. The summed E-state index contributed by atoms with van der Waals surface area (Å²) in [6.07, 6.45) is 13.3. The van der Waals surface area contributed by atoms with E-state index in [2.05, 4.69) is 25.5 Å². The Morgan fingerprint density at radius 2 is 0.962 bits per heavy atom. The summed E-state index contributed by atoms with van der Waals surface area (Å²) in [5.74, 6) is 2.79. The zero-order valence-corrected chi connectivity index (χ0v) is 15.7. The summed E-state index contributed by atoms with van der Waals surface area (Å²) in [6.45, 7) is 7.20. The molecule has 0 aromatic carbocycles. The molecule has 0 aliphatic carbocycles. The van der Waals surface area contributed by atoms with Crippen molar-refractivity contribution in [2.75, 3.05) is 46.3 Å². The molecule has 0 amide bonds. The molecule has 154 valence electrons. The summed E-state index contributed by atoms with van der Waals surface area (Å²) in [5.41, 5.74) is 4.50. The van der Waals surface area contributed by atoms with Crippen molar-refractivity contribution >= 4 is 11.7 Å². The highest BCUT2D eigenvalue weighted by molar-refractivity contribution is 5.83. The molecule has 0 radical (unpaired) electrons. The molecule has 2 N–H and O–H groups in total. The van der Waals surface area contributed by atoms with Crippen LogP contribution in [0.15, 0.2) is 9.98 Å². The molecule has 5 heteroatoms. The van der Waals surface area contributed by atoms with Crippen LogP contribution < -0.4 is 5.73 Å². The molecule has 0 atom stereocenters. The van der Waals surface area contributed by atoms with Gasteiger partial charge in [0.25, 0.3) is 0 Å². The van der Waals surface area contributed by atoms with Crippen LogP contribution >= 0.6 is 0 Å². The van der Waals surface area contributed by atoms with Gasteiger partial charge in [-0.15, -0.1) is 0 Å². The molecule has 2 saturated heterocycles. The molecule has 4 aliphatic rings. The maximum atomic E-state index is 4.55. The molecule has 26 heavy (non-hydrogen) atoms. The first-order valence-electron chi connectivity index (χ1n) is 10.1.